The van der Waals surface area contributed by atoms with E-state index in [0.717, 1.165) is 11.3 Å². The van der Waals surface area contributed by atoms with Gasteiger partial charge in [0.25, 0.3) is 10.0 Å². The number of ether oxygens (including phenoxy) is 2. The van der Waals surface area contributed by atoms with Gasteiger partial charge in [-0.3, -0.25) is 4.72 Å². The summed E-state index contributed by atoms with van der Waals surface area (Å²) in [7, 11) is -2.29. The molecule has 0 aromatic heterocycles. The number of hydrogen-bond acceptors (Lipinski definition) is 6. The van der Waals surface area contributed by atoms with Crippen LogP contribution in [0.3, 0.4) is 0 Å². The molecule has 144 valence electrons. The average Bonchev–Trinajstić information content (AvgIpc) is 2.88. The van der Waals surface area contributed by atoms with Crippen LogP contribution in [0.5, 0.6) is 17.2 Å². The molecule has 0 aliphatic carbocycles. The fourth-order valence-corrected chi connectivity index (χ4v) is 4.01. The maximum absolute atomic E-state index is 12.8. The van der Waals surface area contributed by atoms with E-state index in [1.807, 2.05) is 0 Å². The molecule has 1 aliphatic rings. The van der Waals surface area contributed by atoms with Crippen LogP contribution in [0.25, 0.3) is 0 Å². The molecule has 28 heavy (non-hydrogen) atoms. The first-order valence-corrected chi connectivity index (χ1v) is 9.96. The molecule has 3 N–H and O–H groups in total. The van der Waals surface area contributed by atoms with Gasteiger partial charge in [-0.1, -0.05) is 6.07 Å². The number of anilines is 3. The van der Waals surface area contributed by atoms with Crippen molar-refractivity contribution in [1.29, 1.82) is 0 Å². The summed E-state index contributed by atoms with van der Waals surface area (Å²) in [6, 6.07) is 16.1. The van der Waals surface area contributed by atoms with Gasteiger partial charge in [-0.05, 0) is 54.6 Å². The lowest BCUT2D eigenvalue weighted by atomic mass is 10.1. The highest BCUT2D eigenvalue weighted by Gasteiger charge is 2.21. The second kappa shape index (κ2) is 6.97. The van der Waals surface area contributed by atoms with Crippen molar-refractivity contribution >= 4 is 27.1 Å². The summed E-state index contributed by atoms with van der Waals surface area (Å²) < 4.78 is 39.1. The Morgan fingerprint density at radius 1 is 1.11 bits per heavy atom. The van der Waals surface area contributed by atoms with Crippen LogP contribution in [0, 0.1) is 0 Å². The summed E-state index contributed by atoms with van der Waals surface area (Å²) in [5.74, 6) is 1.21. The molecule has 8 heteroatoms. The third-order valence-corrected chi connectivity index (χ3v) is 5.75. The third-order valence-electron chi connectivity index (χ3n) is 4.37. The van der Waals surface area contributed by atoms with Crippen molar-refractivity contribution in [2.45, 2.75) is 11.5 Å². The van der Waals surface area contributed by atoms with Crippen LogP contribution in [0.4, 0.5) is 17.1 Å². The van der Waals surface area contributed by atoms with Crippen LogP contribution in [-0.2, 0) is 16.6 Å². The van der Waals surface area contributed by atoms with Gasteiger partial charge < -0.3 is 19.9 Å². The summed E-state index contributed by atoms with van der Waals surface area (Å²) in [4.78, 5) is 0.116. The van der Waals surface area contributed by atoms with Crippen LogP contribution in [-0.4, -0.2) is 20.6 Å². The number of benzene rings is 3. The van der Waals surface area contributed by atoms with E-state index < -0.39 is 10.0 Å². The van der Waals surface area contributed by atoms with Gasteiger partial charge in [0, 0.05) is 11.3 Å². The van der Waals surface area contributed by atoms with Crippen molar-refractivity contribution in [1.82, 2.24) is 0 Å². The van der Waals surface area contributed by atoms with E-state index in [1.54, 1.807) is 48.5 Å². The summed E-state index contributed by atoms with van der Waals surface area (Å²) in [5, 5.41) is 12.9. The fraction of sp³-hybridized carbons (Fsp3) is 0.100. The molecule has 0 atom stereocenters. The highest BCUT2D eigenvalue weighted by molar-refractivity contribution is 7.92. The van der Waals surface area contributed by atoms with Crippen LogP contribution in [0.15, 0.2) is 65.6 Å². The standard InChI is InChI=1S/C20H18N2O5S/c1-26-15-6-8-16(9-7-15)28(24,25)22-18-3-2-4-19-20(18)21-17-10-5-14(23)11-13(17)12-27-19/h2-11,21-23H,12H2,1H3. The molecule has 0 radical (unpaired) electrons. The Labute approximate surface area is 162 Å². The summed E-state index contributed by atoms with van der Waals surface area (Å²) in [6.07, 6.45) is 0. The Hall–Kier alpha value is -3.39. The molecule has 3 aromatic carbocycles. The zero-order valence-corrected chi connectivity index (χ0v) is 15.8. The molecule has 0 saturated carbocycles. The van der Waals surface area contributed by atoms with Crippen molar-refractivity contribution in [2.24, 2.45) is 0 Å². The predicted octanol–water partition coefficient (Wildman–Crippen LogP) is 3.84. The number of para-hydroxylation sites is 1. The molecular formula is C20H18N2O5S. The number of sulfonamides is 1. The van der Waals surface area contributed by atoms with Crippen molar-refractivity contribution in [3.8, 4) is 17.2 Å². The maximum Gasteiger partial charge on any atom is 0.261 e. The second-order valence-corrected chi connectivity index (χ2v) is 7.90. The van der Waals surface area contributed by atoms with E-state index in [1.165, 1.54) is 19.2 Å². The minimum atomic E-state index is -3.81. The number of methoxy groups -OCH3 is 1. The van der Waals surface area contributed by atoms with Gasteiger partial charge in [-0.15, -0.1) is 0 Å². The van der Waals surface area contributed by atoms with Gasteiger partial charge in [-0.25, -0.2) is 8.42 Å². The lowest BCUT2D eigenvalue weighted by Crippen LogP contribution is -2.14. The molecule has 0 unspecified atom stereocenters. The topological polar surface area (TPSA) is 96.9 Å². The highest BCUT2D eigenvalue weighted by Crippen LogP contribution is 2.40. The van der Waals surface area contributed by atoms with Crippen LogP contribution in [0.2, 0.25) is 0 Å². The van der Waals surface area contributed by atoms with E-state index in [-0.39, 0.29) is 17.3 Å². The average molecular weight is 398 g/mol. The molecule has 0 saturated heterocycles. The molecule has 0 fully saturated rings. The first-order chi connectivity index (χ1) is 13.5. The Bertz CT molecular complexity index is 1130. The minimum Gasteiger partial charge on any atom is -0.508 e. The maximum atomic E-state index is 12.8. The van der Waals surface area contributed by atoms with Gasteiger partial charge in [-0.2, -0.15) is 0 Å². The van der Waals surface area contributed by atoms with Gasteiger partial charge in [0.1, 0.15) is 29.5 Å². The van der Waals surface area contributed by atoms with E-state index in [0.29, 0.717) is 22.9 Å². The molecule has 1 heterocycles. The molecular weight excluding hydrogens is 380 g/mol. The smallest absolute Gasteiger partial charge is 0.261 e. The monoisotopic (exact) mass is 398 g/mol. The zero-order valence-electron chi connectivity index (χ0n) is 15.0. The number of aromatic hydroxyl groups is 1. The van der Waals surface area contributed by atoms with Crippen molar-refractivity contribution < 1.29 is 23.0 Å². The zero-order chi connectivity index (χ0) is 19.7. The highest BCUT2D eigenvalue weighted by atomic mass is 32.2. The summed E-state index contributed by atoms with van der Waals surface area (Å²) in [5.41, 5.74) is 2.35. The van der Waals surface area contributed by atoms with Crippen LogP contribution >= 0.6 is 0 Å². The Balaban J connectivity index is 1.69. The van der Waals surface area contributed by atoms with E-state index >= 15 is 0 Å². The number of phenolic OH excluding ortho intramolecular Hbond substituents is 1. The van der Waals surface area contributed by atoms with Gasteiger partial charge in [0.2, 0.25) is 0 Å². The largest absolute Gasteiger partial charge is 0.508 e. The second-order valence-electron chi connectivity index (χ2n) is 6.21. The minimum absolute atomic E-state index is 0.116. The third kappa shape index (κ3) is 3.41. The molecule has 3 aromatic rings. The first kappa shape index (κ1) is 18.0. The summed E-state index contributed by atoms with van der Waals surface area (Å²) >= 11 is 0. The molecule has 0 spiro atoms. The Morgan fingerprint density at radius 2 is 1.89 bits per heavy atom. The van der Waals surface area contributed by atoms with E-state index in [4.69, 9.17) is 9.47 Å². The van der Waals surface area contributed by atoms with Crippen LogP contribution < -0.4 is 19.5 Å². The normalized spacial score (nSPS) is 12.6. The molecule has 0 bridgehead atoms. The van der Waals surface area contributed by atoms with Crippen molar-refractivity contribution in [3.05, 3.63) is 66.2 Å². The lowest BCUT2D eigenvalue weighted by Gasteiger charge is -2.16. The lowest BCUT2D eigenvalue weighted by molar-refractivity contribution is 0.310. The summed E-state index contributed by atoms with van der Waals surface area (Å²) in [6.45, 7) is 0.248. The predicted molar refractivity (Wildman–Crippen MR) is 106 cm³/mol. The molecule has 7 nitrogen and oxygen atoms in total. The number of rotatable bonds is 4. The Kier molecular flexibility index (Phi) is 4.48. The fourth-order valence-electron chi connectivity index (χ4n) is 2.94. The molecule has 4 rings (SSSR count). The quantitative estimate of drug-likeness (QED) is 0.578. The SMILES string of the molecule is COc1ccc(S(=O)(=O)Nc2cccc3c2Nc2ccc(O)cc2CO3)cc1. The van der Waals surface area contributed by atoms with E-state index in [9.17, 15) is 13.5 Å². The Morgan fingerprint density at radius 3 is 2.64 bits per heavy atom. The first-order valence-electron chi connectivity index (χ1n) is 8.48. The number of phenols is 1. The molecule has 0 amide bonds. The van der Waals surface area contributed by atoms with Crippen molar-refractivity contribution in [2.75, 3.05) is 17.1 Å². The van der Waals surface area contributed by atoms with E-state index in [2.05, 4.69) is 10.0 Å². The number of fused-ring (bicyclic) bond motifs is 2. The molecule has 1 aliphatic heterocycles. The van der Waals surface area contributed by atoms with Crippen molar-refractivity contribution in [3.63, 3.8) is 0 Å². The van der Waals surface area contributed by atoms with Gasteiger partial charge >= 0.3 is 0 Å². The van der Waals surface area contributed by atoms with Gasteiger partial charge in [0.05, 0.1) is 17.7 Å². The number of hydrogen-bond donors (Lipinski definition) is 3. The number of nitrogens with one attached hydrogen (secondary N) is 2. The van der Waals surface area contributed by atoms with Gasteiger partial charge in [0.15, 0.2) is 0 Å². The van der Waals surface area contributed by atoms with Crippen LogP contribution in [0.1, 0.15) is 5.56 Å².